The number of hydrogen-bond donors (Lipinski definition) is 1. The Morgan fingerprint density at radius 2 is 2.10 bits per heavy atom. The minimum atomic E-state index is -0.448. The van der Waals surface area contributed by atoms with Gasteiger partial charge in [0, 0.05) is 11.6 Å². The Labute approximate surface area is 130 Å². The summed E-state index contributed by atoms with van der Waals surface area (Å²) >= 11 is 0. The van der Waals surface area contributed by atoms with Crippen LogP contribution in [0.3, 0.4) is 0 Å². The van der Waals surface area contributed by atoms with Gasteiger partial charge in [0.2, 0.25) is 6.41 Å². The molecular formula is C13H20ClN3O4. The monoisotopic (exact) mass is 317 g/mol. The summed E-state index contributed by atoms with van der Waals surface area (Å²) in [7, 11) is 5.41. The zero-order valence-electron chi connectivity index (χ0n) is 12.3. The van der Waals surface area contributed by atoms with Gasteiger partial charge in [-0.3, -0.25) is 14.9 Å². The number of carbonyl (C=O) groups is 1. The summed E-state index contributed by atoms with van der Waals surface area (Å²) in [6.45, 7) is 1.93. The third-order valence-corrected chi connectivity index (χ3v) is 3.00. The van der Waals surface area contributed by atoms with Crippen LogP contribution in [0.2, 0.25) is 0 Å². The maximum Gasteiger partial charge on any atom is 0.311 e. The SMILES string of the molecule is COc1ccc(C[N+](C)(C)CCNC=O)cc1[N+](=O)[O-].[Cl-]. The second kappa shape index (κ2) is 8.43. The minimum Gasteiger partial charge on any atom is -1.00 e. The maximum absolute atomic E-state index is 11.0. The number of amides is 1. The molecule has 0 spiro atoms. The Morgan fingerprint density at radius 3 is 2.62 bits per heavy atom. The molecule has 0 aliphatic rings. The van der Waals surface area contributed by atoms with Gasteiger partial charge in [-0.2, -0.15) is 0 Å². The summed E-state index contributed by atoms with van der Waals surface area (Å²) in [6, 6.07) is 4.96. The van der Waals surface area contributed by atoms with Crippen molar-refractivity contribution in [3.63, 3.8) is 0 Å². The van der Waals surface area contributed by atoms with Crippen molar-refractivity contribution in [2.24, 2.45) is 0 Å². The second-order valence-corrected chi connectivity index (χ2v) is 5.15. The van der Waals surface area contributed by atoms with E-state index < -0.39 is 4.92 Å². The van der Waals surface area contributed by atoms with Crippen LogP contribution in [0, 0.1) is 10.1 Å². The molecule has 0 saturated heterocycles. The van der Waals surface area contributed by atoms with E-state index in [1.165, 1.54) is 13.2 Å². The van der Waals surface area contributed by atoms with Crippen LogP contribution in [0.1, 0.15) is 5.56 Å². The van der Waals surface area contributed by atoms with Gasteiger partial charge in [0.15, 0.2) is 5.75 Å². The molecule has 0 aliphatic carbocycles. The molecule has 1 amide bonds. The molecule has 0 saturated carbocycles. The third-order valence-electron chi connectivity index (χ3n) is 3.00. The van der Waals surface area contributed by atoms with Gasteiger partial charge in [-0.05, 0) is 12.1 Å². The standard InChI is InChI=1S/C13H19N3O4.ClH/c1-16(2,7-6-14-10-17)9-11-4-5-13(20-3)12(8-11)15(18)19;/h4-5,8,10H,6-7,9H2,1-3H3;1H. The van der Waals surface area contributed by atoms with Gasteiger partial charge in [-0.25, -0.2) is 0 Å². The fraction of sp³-hybridized carbons (Fsp3) is 0.462. The highest BCUT2D eigenvalue weighted by molar-refractivity contribution is 5.48. The molecule has 0 bridgehead atoms. The van der Waals surface area contributed by atoms with Crippen LogP contribution in [0.4, 0.5) is 5.69 Å². The van der Waals surface area contributed by atoms with Crippen LogP contribution in [-0.4, -0.2) is 50.1 Å². The lowest BCUT2D eigenvalue weighted by Gasteiger charge is -2.29. The van der Waals surface area contributed by atoms with E-state index in [0.29, 0.717) is 24.0 Å². The number of likely N-dealkylation sites (N-methyl/N-ethyl adjacent to an activating group) is 1. The number of nitrogens with one attached hydrogen (secondary N) is 1. The van der Waals surface area contributed by atoms with Crippen molar-refractivity contribution in [3.8, 4) is 5.75 Å². The first-order valence-electron chi connectivity index (χ1n) is 6.20. The molecule has 118 valence electrons. The van der Waals surface area contributed by atoms with E-state index in [0.717, 1.165) is 12.1 Å². The molecule has 7 nitrogen and oxygen atoms in total. The molecule has 0 atom stereocenters. The first-order valence-corrected chi connectivity index (χ1v) is 6.20. The van der Waals surface area contributed by atoms with Crippen molar-refractivity contribution in [2.45, 2.75) is 6.54 Å². The first kappa shape index (κ1) is 19.1. The quantitative estimate of drug-likeness (QED) is 0.196. The number of quaternary nitrogens is 1. The van der Waals surface area contributed by atoms with Crippen LogP contribution in [0.15, 0.2) is 18.2 Å². The molecule has 1 N–H and O–H groups in total. The largest absolute Gasteiger partial charge is 1.00 e. The van der Waals surface area contributed by atoms with Crippen molar-refractivity contribution >= 4 is 12.1 Å². The van der Waals surface area contributed by atoms with E-state index in [1.807, 2.05) is 20.2 Å². The number of halogens is 1. The summed E-state index contributed by atoms with van der Waals surface area (Å²) in [5.41, 5.74) is 0.824. The van der Waals surface area contributed by atoms with Crippen molar-refractivity contribution in [1.82, 2.24) is 5.32 Å². The lowest BCUT2D eigenvalue weighted by atomic mass is 10.1. The predicted molar refractivity (Wildman–Crippen MR) is 74.4 cm³/mol. The Balaban J connectivity index is 0.00000400. The van der Waals surface area contributed by atoms with Crippen LogP contribution in [-0.2, 0) is 11.3 Å². The molecule has 0 fully saturated rings. The summed E-state index contributed by atoms with van der Waals surface area (Å²) in [5.74, 6) is 0.256. The number of benzene rings is 1. The lowest BCUT2D eigenvalue weighted by molar-refractivity contribution is -0.902. The molecule has 0 aromatic heterocycles. The van der Waals surface area contributed by atoms with Crippen molar-refractivity contribution in [3.05, 3.63) is 33.9 Å². The lowest BCUT2D eigenvalue weighted by Crippen LogP contribution is -3.00. The van der Waals surface area contributed by atoms with Crippen LogP contribution < -0.4 is 22.5 Å². The fourth-order valence-corrected chi connectivity index (χ4v) is 1.98. The average Bonchev–Trinajstić information content (AvgIpc) is 2.38. The number of nitro benzene ring substituents is 1. The molecule has 0 heterocycles. The molecule has 0 unspecified atom stereocenters. The van der Waals surface area contributed by atoms with Gasteiger partial charge in [0.1, 0.15) is 6.54 Å². The Morgan fingerprint density at radius 1 is 1.43 bits per heavy atom. The maximum atomic E-state index is 11.0. The number of nitrogens with zero attached hydrogens (tertiary/aromatic N) is 2. The second-order valence-electron chi connectivity index (χ2n) is 5.15. The van der Waals surface area contributed by atoms with Gasteiger partial charge >= 0.3 is 5.69 Å². The number of ether oxygens (including phenoxy) is 1. The van der Waals surface area contributed by atoms with E-state index in [-0.39, 0.29) is 23.8 Å². The van der Waals surface area contributed by atoms with E-state index in [1.54, 1.807) is 6.07 Å². The fourth-order valence-electron chi connectivity index (χ4n) is 1.98. The highest BCUT2D eigenvalue weighted by atomic mass is 35.5. The third kappa shape index (κ3) is 5.97. The van der Waals surface area contributed by atoms with Crippen molar-refractivity contribution in [1.29, 1.82) is 0 Å². The van der Waals surface area contributed by atoms with E-state index in [2.05, 4.69) is 5.32 Å². The summed E-state index contributed by atoms with van der Waals surface area (Å²) in [5, 5.41) is 13.6. The first-order chi connectivity index (χ1) is 9.39. The minimum absolute atomic E-state index is 0. The summed E-state index contributed by atoms with van der Waals surface area (Å²) in [6.07, 6.45) is 0.665. The molecule has 1 aromatic carbocycles. The van der Waals surface area contributed by atoms with Crippen LogP contribution in [0.5, 0.6) is 5.75 Å². The van der Waals surface area contributed by atoms with Crippen LogP contribution >= 0.6 is 0 Å². The molecular weight excluding hydrogens is 298 g/mol. The predicted octanol–water partition coefficient (Wildman–Crippen LogP) is -2.07. The summed E-state index contributed by atoms with van der Waals surface area (Å²) in [4.78, 5) is 20.8. The van der Waals surface area contributed by atoms with Gasteiger partial charge < -0.3 is 26.9 Å². The zero-order chi connectivity index (χ0) is 15.2. The number of nitro groups is 1. The highest BCUT2D eigenvalue weighted by Crippen LogP contribution is 2.28. The smallest absolute Gasteiger partial charge is 0.311 e. The number of carbonyl (C=O) groups excluding carboxylic acids is 1. The van der Waals surface area contributed by atoms with E-state index in [4.69, 9.17) is 4.74 Å². The van der Waals surface area contributed by atoms with E-state index in [9.17, 15) is 14.9 Å². The van der Waals surface area contributed by atoms with Crippen LogP contribution in [0.25, 0.3) is 0 Å². The van der Waals surface area contributed by atoms with Crippen molar-refractivity contribution < 1.29 is 31.3 Å². The van der Waals surface area contributed by atoms with Crippen molar-refractivity contribution in [2.75, 3.05) is 34.3 Å². The van der Waals surface area contributed by atoms with Gasteiger partial charge in [-0.1, -0.05) is 0 Å². The van der Waals surface area contributed by atoms with Gasteiger partial charge in [0.25, 0.3) is 0 Å². The Hall–Kier alpha value is -1.86. The molecule has 8 heteroatoms. The molecule has 1 rings (SSSR count). The summed E-state index contributed by atoms with van der Waals surface area (Å²) < 4.78 is 5.59. The van der Waals surface area contributed by atoms with Gasteiger partial charge in [0.05, 0.1) is 39.2 Å². The molecule has 21 heavy (non-hydrogen) atoms. The normalized spacial score (nSPS) is 10.4. The topological polar surface area (TPSA) is 81.5 Å². The molecule has 0 radical (unpaired) electrons. The number of rotatable bonds is 8. The Kier molecular flexibility index (Phi) is 7.69. The average molecular weight is 318 g/mol. The van der Waals surface area contributed by atoms with E-state index >= 15 is 0 Å². The zero-order valence-corrected chi connectivity index (χ0v) is 13.1. The Bertz CT molecular complexity index is 494. The molecule has 0 aliphatic heterocycles. The number of methoxy groups -OCH3 is 1. The molecule has 1 aromatic rings. The number of hydrogen-bond acceptors (Lipinski definition) is 4. The highest BCUT2D eigenvalue weighted by Gasteiger charge is 2.20. The van der Waals surface area contributed by atoms with Gasteiger partial charge in [-0.15, -0.1) is 0 Å².